The number of carbonyl (C=O) groups excluding carboxylic acids is 1. The Morgan fingerprint density at radius 2 is 1.95 bits per heavy atom. The highest BCUT2D eigenvalue weighted by Gasteiger charge is 2.56. The summed E-state index contributed by atoms with van der Waals surface area (Å²) in [7, 11) is 0. The van der Waals surface area contributed by atoms with Crippen molar-refractivity contribution in [2.24, 2.45) is 0 Å². The van der Waals surface area contributed by atoms with Crippen molar-refractivity contribution in [3.63, 3.8) is 0 Å². The van der Waals surface area contributed by atoms with E-state index in [0.29, 0.717) is 5.56 Å². The molecule has 0 radical (unpaired) electrons. The summed E-state index contributed by atoms with van der Waals surface area (Å²) in [5, 5.41) is 13.4. The first-order valence-corrected chi connectivity index (χ1v) is 6.89. The van der Waals surface area contributed by atoms with Gasteiger partial charge in [-0.2, -0.15) is 0 Å². The molecule has 0 bridgehead atoms. The Kier molecular flexibility index (Phi) is 3.09. The number of nitro groups is 1. The van der Waals surface area contributed by atoms with Gasteiger partial charge in [-0.25, -0.2) is 0 Å². The predicted octanol–water partition coefficient (Wildman–Crippen LogP) is 3.27. The average molecular weight is 281 g/mol. The van der Waals surface area contributed by atoms with Crippen molar-refractivity contribution in [2.45, 2.75) is 24.3 Å². The van der Waals surface area contributed by atoms with Gasteiger partial charge in [-0.15, -0.1) is 6.58 Å². The molecule has 2 atom stereocenters. The van der Waals surface area contributed by atoms with Gasteiger partial charge in [-0.3, -0.25) is 14.9 Å². The third kappa shape index (κ3) is 1.87. The van der Waals surface area contributed by atoms with E-state index in [1.807, 2.05) is 42.5 Å². The molecule has 0 aliphatic heterocycles. The van der Waals surface area contributed by atoms with E-state index in [0.717, 1.165) is 10.8 Å². The number of nitrogens with zero attached hydrogens (tertiary/aromatic N) is 1. The molecular formula is C17H15NO3. The number of Topliss-reactive ketones (excluding diaryl/α,β-unsaturated/α-hetero) is 1. The van der Waals surface area contributed by atoms with E-state index < -0.39 is 11.5 Å². The minimum absolute atomic E-state index is 0.116. The van der Waals surface area contributed by atoms with E-state index in [1.165, 1.54) is 6.08 Å². The molecule has 1 aliphatic carbocycles. The molecule has 3 rings (SSSR count). The van der Waals surface area contributed by atoms with Gasteiger partial charge in [-0.05, 0) is 22.4 Å². The lowest BCUT2D eigenvalue weighted by Crippen LogP contribution is -2.43. The van der Waals surface area contributed by atoms with Crippen molar-refractivity contribution in [3.05, 3.63) is 70.8 Å². The number of rotatable bonds is 3. The highest BCUT2D eigenvalue weighted by Crippen LogP contribution is 2.41. The molecule has 106 valence electrons. The predicted molar refractivity (Wildman–Crippen MR) is 80.8 cm³/mol. The van der Waals surface area contributed by atoms with E-state index in [4.69, 9.17) is 0 Å². The van der Waals surface area contributed by atoms with Crippen LogP contribution in [0.4, 0.5) is 0 Å². The maximum Gasteiger partial charge on any atom is 0.233 e. The van der Waals surface area contributed by atoms with Gasteiger partial charge in [0.05, 0.1) is 0 Å². The molecule has 0 heterocycles. The van der Waals surface area contributed by atoms with E-state index in [1.54, 1.807) is 0 Å². The molecule has 4 nitrogen and oxygen atoms in total. The number of fused-ring (bicyclic) bond motifs is 1. The molecule has 21 heavy (non-hydrogen) atoms. The molecule has 0 saturated heterocycles. The molecule has 1 saturated carbocycles. The van der Waals surface area contributed by atoms with Gasteiger partial charge in [-0.1, -0.05) is 42.5 Å². The Morgan fingerprint density at radius 1 is 1.24 bits per heavy atom. The lowest BCUT2D eigenvalue weighted by atomic mass is 9.75. The standard InChI is InChI=1S/C17H15NO3/c1-2-17(15(18(20)21)9-10-16(17)19)14-8-7-12-5-3-4-6-13(12)11-14/h2-8,11,15H,1,9-10H2/t15-,17+/m1/s1. The average Bonchev–Trinajstić information content (AvgIpc) is 2.84. The minimum Gasteiger partial charge on any atom is -0.298 e. The Morgan fingerprint density at radius 3 is 2.62 bits per heavy atom. The second-order valence-corrected chi connectivity index (χ2v) is 5.40. The first-order valence-electron chi connectivity index (χ1n) is 6.89. The van der Waals surface area contributed by atoms with Crippen LogP contribution in [0.5, 0.6) is 0 Å². The fraction of sp³-hybridized carbons (Fsp3) is 0.235. The molecule has 2 aromatic carbocycles. The molecule has 0 aromatic heterocycles. The van der Waals surface area contributed by atoms with Gasteiger partial charge in [0.2, 0.25) is 6.04 Å². The second-order valence-electron chi connectivity index (χ2n) is 5.40. The Labute approximate surface area is 122 Å². The summed E-state index contributed by atoms with van der Waals surface area (Å²) < 4.78 is 0. The minimum atomic E-state index is -1.20. The fourth-order valence-corrected chi connectivity index (χ4v) is 3.33. The first-order chi connectivity index (χ1) is 10.1. The lowest BCUT2D eigenvalue weighted by Gasteiger charge is -2.26. The van der Waals surface area contributed by atoms with E-state index in [9.17, 15) is 14.9 Å². The number of benzene rings is 2. The van der Waals surface area contributed by atoms with Crippen LogP contribution in [-0.2, 0) is 10.2 Å². The number of carbonyl (C=O) groups is 1. The fourth-order valence-electron chi connectivity index (χ4n) is 3.33. The summed E-state index contributed by atoms with van der Waals surface area (Å²) >= 11 is 0. The summed E-state index contributed by atoms with van der Waals surface area (Å²) in [6, 6.07) is 12.4. The Balaban J connectivity index is 2.23. The maximum atomic E-state index is 12.4. The van der Waals surface area contributed by atoms with Crippen molar-refractivity contribution in [3.8, 4) is 0 Å². The van der Waals surface area contributed by atoms with Crippen LogP contribution in [0.1, 0.15) is 18.4 Å². The van der Waals surface area contributed by atoms with Crippen molar-refractivity contribution in [2.75, 3.05) is 0 Å². The van der Waals surface area contributed by atoms with Crippen molar-refractivity contribution in [1.82, 2.24) is 0 Å². The topological polar surface area (TPSA) is 60.2 Å². The normalized spacial score (nSPS) is 25.1. The molecule has 0 N–H and O–H groups in total. The van der Waals surface area contributed by atoms with Crippen LogP contribution in [0.15, 0.2) is 55.1 Å². The van der Waals surface area contributed by atoms with Gasteiger partial charge >= 0.3 is 0 Å². The summed E-state index contributed by atoms with van der Waals surface area (Å²) in [5.74, 6) is -0.116. The van der Waals surface area contributed by atoms with E-state index >= 15 is 0 Å². The van der Waals surface area contributed by atoms with Crippen LogP contribution in [0.2, 0.25) is 0 Å². The van der Waals surface area contributed by atoms with Gasteiger partial charge in [0, 0.05) is 17.8 Å². The van der Waals surface area contributed by atoms with Gasteiger partial charge in [0.1, 0.15) is 5.41 Å². The number of hydrogen-bond acceptors (Lipinski definition) is 3. The monoisotopic (exact) mass is 281 g/mol. The van der Waals surface area contributed by atoms with E-state index in [2.05, 4.69) is 6.58 Å². The molecular weight excluding hydrogens is 266 g/mol. The lowest BCUT2D eigenvalue weighted by molar-refractivity contribution is -0.527. The summed E-state index contributed by atoms with van der Waals surface area (Å²) in [6.07, 6.45) is 1.95. The second kappa shape index (κ2) is 4.81. The smallest absolute Gasteiger partial charge is 0.233 e. The van der Waals surface area contributed by atoms with Crippen LogP contribution in [-0.4, -0.2) is 16.7 Å². The zero-order valence-electron chi connectivity index (χ0n) is 11.5. The molecule has 4 heteroatoms. The Bertz CT molecular complexity index is 753. The molecule has 0 spiro atoms. The van der Waals surface area contributed by atoms with Crippen LogP contribution in [0, 0.1) is 10.1 Å². The highest BCUT2D eigenvalue weighted by molar-refractivity contribution is 5.96. The maximum absolute atomic E-state index is 12.4. The van der Waals surface area contributed by atoms with Gasteiger partial charge in [0.15, 0.2) is 5.78 Å². The van der Waals surface area contributed by atoms with Crippen LogP contribution in [0.3, 0.4) is 0 Å². The van der Waals surface area contributed by atoms with Gasteiger partial charge in [0.25, 0.3) is 0 Å². The van der Waals surface area contributed by atoms with Crippen molar-refractivity contribution >= 4 is 16.6 Å². The van der Waals surface area contributed by atoms with Gasteiger partial charge < -0.3 is 0 Å². The van der Waals surface area contributed by atoms with Crippen molar-refractivity contribution in [1.29, 1.82) is 0 Å². The quantitative estimate of drug-likeness (QED) is 0.493. The third-order valence-electron chi connectivity index (χ3n) is 4.44. The molecule has 0 amide bonds. The zero-order valence-corrected chi connectivity index (χ0v) is 11.5. The number of ketones is 1. The number of hydrogen-bond donors (Lipinski definition) is 0. The SMILES string of the molecule is C=C[C@@]1(c2ccc3ccccc3c2)C(=O)CC[C@H]1[N+](=O)[O-]. The van der Waals surface area contributed by atoms with Crippen molar-refractivity contribution < 1.29 is 9.72 Å². The van der Waals surface area contributed by atoms with Crippen LogP contribution < -0.4 is 0 Å². The Hall–Kier alpha value is -2.49. The zero-order chi connectivity index (χ0) is 15.0. The first kappa shape index (κ1) is 13.5. The highest BCUT2D eigenvalue weighted by atomic mass is 16.6. The molecule has 0 unspecified atom stereocenters. The molecule has 1 aliphatic rings. The largest absolute Gasteiger partial charge is 0.298 e. The molecule has 2 aromatic rings. The molecule has 1 fully saturated rings. The third-order valence-corrected chi connectivity index (χ3v) is 4.44. The van der Waals surface area contributed by atoms with Crippen LogP contribution >= 0.6 is 0 Å². The van der Waals surface area contributed by atoms with E-state index in [-0.39, 0.29) is 23.5 Å². The summed E-state index contributed by atoms with van der Waals surface area (Å²) in [6.45, 7) is 3.73. The van der Waals surface area contributed by atoms with Crippen LogP contribution in [0.25, 0.3) is 10.8 Å². The summed E-state index contributed by atoms with van der Waals surface area (Å²) in [5.41, 5.74) is -0.534. The summed E-state index contributed by atoms with van der Waals surface area (Å²) in [4.78, 5) is 23.4.